The first-order valence-electron chi connectivity index (χ1n) is 8.25. The van der Waals surface area contributed by atoms with E-state index in [4.69, 9.17) is 4.55 Å². The van der Waals surface area contributed by atoms with Gasteiger partial charge in [0.1, 0.15) is 0 Å². The van der Waals surface area contributed by atoms with Crippen molar-refractivity contribution in [2.24, 2.45) is 0 Å². The molecule has 0 atom stereocenters. The van der Waals surface area contributed by atoms with Gasteiger partial charge in [0.15, 0.2) is 0 Å². The third-order valence-electron chi connectivity index (χ3n) is 4.00. The largest absolute Gasteiger partial charge is 0.438 e. The molecule has 2 N–H and O–H groups in total. The Morgan fingerprint density at radius 1 is 0.447 bits per heavy atom. The smallest absolute Gasteiger partial charge is 0.323 e. The van der Waals surface area contributed by atoms with Crippen molar-refractivity contribution in [1.29, 1.82) is 0 Å². The van der Waals surface area contributed by atoms with Crippen LogP contribution in [0.1, 0.15) is 6.92 Å². The van der Waals surface area contributed by atoms with Crippen molar-refractivity contribution in [2.45, 2.75) is 65.5 Å². The first-order chi connectivity index (χ1) is 15.9. The summed E-state index contributed by atoms with van der Waals surface area (Å²) in [5.74, 6) is -77.4. The summed E-state index contributed by atoms with van der Waals surface area (Å²) in [7, 11) is -4.30. The van der Waals surface area contributed by atoms with Crippen LogP contribution in [-0.4, -0.2) is 85.6 Å². The topological polar surface area (TPSA) is 66.4 Å². The summed E-state index contributed by atoms with van der Waals surface area (Å²) in [5, 5.41) is -5.26. The van der Waals surface area contributed by atoms with E-state index < -0.39 is 75.6 Å². The molecule has 0 bridgehead atoms. The van der Waals surface area contributed by atoms with Gasteiger partial charge >= 0.3 is 68.7 Å². The van der Waals surface area contributed by atoms with Gasteiger partial charge in [-0.3, -0.25) is 4.55 Å². The Balaban J connectivity index is 0. The minimum atomic E-state index is -9.26. The highest BCUT2D eigenvalue weighted by Gasteiger charge is 2.98. The summed E-state index contributed by atoms with van der Waals surface area (Å²) in [5.41, 5.74) is 0. The molecule has 0 aliphatic rings. The zero-order chi connectivity index (χ0) is 32.2. The van der Waals surface area contributed by atoms with Crippen molar-refractivity contribution >= 4 is 10.1 Å². The van der Waals surface area contributed by atoms with Crippen LogP contribution in [-0.2, 0) is 10.1 Å². The average molecular weight is 641 g/mol. The summed E-state index contributed by atoms with van der Waals surface area (Å²) in [6.45, 7) is -1.44. The summed E-state index contributed by atoms with van der Waals surface area (Å²) in [6, 6.07) is 0. The Hall–Kier alpha value is -1.53. The molecule has 0 aliphatic carbocycles. The van der Waals surface area contributed by atoms with Crippen LogP contribution in [0.4, 0.5) is 87.8 Å². The Labute approximate surface area is 197 Å². The second-order valence-electron chi connectivity index (χ2n) is 6.98. The fourth-order valence-corrected chi connectivity index (χ4v) is 2.26. The third-order valence-corrected chi connectivity index (χ3v) is 4.91. The van der Waals surface area contributed by atoms with Gasteiger partial charge in [-0.05, 0) is 14.1 Å². The number of halogens is 20. The van der Waals surface area contributed by atoms with E-state index in [-0.39, 0.29) is 0 Å². The molecule has 38 heavy (non-hydrogen) atoms. The van der Waals surface area contributed by atoms with Crippen molar-refractivity contribution < 1.29 is 101 Å². The molecule has 0 saturated heterocycles. The lowest BCUT2D eigenvalue weighted by atomic mass is 9.86. The average Bonchev–Trinajstić information content (AvgIpc) is 2.65. The van der Waals surface area contributed by atoms with Crippen molar-refractivity contribution in [3.05, 3.63) is 0 Å². The molecule has 25 heteroatoms. The maximum absolute atomic E-state index is 13.4. The van der Waals surface area contributed by atoms with E-state index in [9.17, 15) is 96.2 Å². The Bertz CT molecular complexity index is 938. The molecule has 0 aromatic heterocycles. The molecule has 4 nitrogen and oxygen atoms in total. The van der Waals surface area contributed by atoms with E-state index in [2.05, 4.69) is 5.32 Å². The maximum Gasteiger partial charge on any atom is 0.438 e. The molecule has 0 radical (unpaired) electrons. The molecule has 0 fully saturated rings. The van der Waals surface area contributed by atoms with Crippen LogP contribution in [0.3, 0.4) is 0 Å². The molecule has 0 aromatic rings. The minimum absolute atomic E-state index is 1.44. The molecular weight excluding hydrogens is 630 g/mol. The molecule has 0 unspecified atom stereocenters. The second-order valence-corrected chi connectivity index (χ2v) is 8.44. The number of hydrogen-bond acceptors (Lipinski definition) is 3. The van der Waals surface area contributed by atoms with E-state index in [1.165, 1.54) is 0 Å². The van der Waals surface area contributed by atoms with Crippen molar-refractivity contribution in [1.82, 2.24) is 5.32 Å². The standard InChI is InChI=1S/C11H4F20O3S.C2H7N/c1-2(12,13)3(14,15)4(16,17)5(18,19)6(20,21)7(22,23)8(24,25)9(26,27)10(28,29)11(30,31)35(32,33)34;1-3-2/h1H3,(H,32,33,34);3H,1-2H3. The third kappa shape index (κ3) is 4.93. The van der Waals surface area contributed by atoms with Crippen LogP contribution < -0.4 is 5.32 Å². The van der Waals surface area contributed by atoms with Crippen LogP contribution >= 0.6 is 0 Å². The van der Waals surface area contributed by atoms with Crippen LogP contribution in [0.25, 0.3) is 0 Å². The van der Waals surface area contributed by atoms with Crippen LogP contribution in [0.15, 0.2) is 0 Å². The van der Waals surface area contributed by atoms with Gasteiger partial charge in [-0.15, -0.1) is 0 Å². The fraction of sp³-hybridized carbons (Fsp3) is 1.00. The van der Waals surface area contributed by atoms with Crippen LogP contribution in [0, 0.1) is 0 Å². The minimum Gasteiger partial charge on any atom is -0.323 e. The van der Waals surface area contributed by atoms with Crippen LogP contribution in [0.5, 0.6) is 0 Å². The van der Waals surface area contributed by atoms with E-state index in [1.54, 1.807) is 0 Å². The molecule has 232 valence electrons. The van der Waals surface area contributed by atoms with Gasteiger partial charge in [0.05, 0.1) is 0 Å². The van der Waals surface area contributed by atoms with Gasteiger partial charge in [0.2, 0.25) is 0 Å². The highest BCUT2D eigenvalue weighted by molar-refractivity contribution is 7.87. The number of alkyl halides is 20. The molecule has 0 saturated carbocycles. The quantitative estimate of drug-likeness (QED) is 0.226. The van der Waals surface area contributed by atoms with Crippen molar-refractivity contribution in [3.63, 3.8) is 0 Å². The molecule has 0 aromatic carbocycles. The Kier molecular flexibility index (Phi) is 9.99. The molecule has 0 rings (SSSR count). The predicted molar refractivity (Wildman–Crippen MR) is 81.7 cm³/mol. The monoisotopic (exact) mass is 641 g/mol. The Morgan fingerprint density at radius 2 is 0.605 bits per heavy atom. The van der Waals surface area contributed by atoms with E-state index in [0.29, 0.717) is 0 Å². The van der Waals surface area contributed by atoms with Gasteiger partial charge in [-0.25, -0.2) is 0 Å². The van der Waals surface area contributed by atoms with E-state index >= 15 is 0 Å². The summed E-state index contributed by atoms with van der Waals surface area (Å²) in [4.78, 5) is 0. The highest BCUT2D eigenvalue weighted by Crippen LogP contribution is 2.66. The Morgan fingerprint density at radius 3 is 0.763 bits per heavy atom. The van der Waals surface area contributed by atoms with Gasteiger partial charge in [0, 0.05) is 6.92 Å². The maximum atomic E-state index is 13.4. The molecule has 0 heterocycles. The van der Waals surface area contributed by atoms with Crippen molar-refractivity contribution in [2.75, 3.05) is 14.1 Å². The van der Waals surface area contributed by atoms with Crippen molar-refractivity contribution in [3.8, 4) is 0 Å². The first kappa shape index (κ1) is 38.6. The lowest BCUT2D eigenvalue weighted by Gasteiger charge is -2.44. The molecule has 0 amide bonds. The van der Waals surface area contributed by atoms with Gasteiger partial charge in [0.25, 0.3) is 0 Å². The zero-order valence-corrected chi connectivity index (χ0v) is 18.5. The lowest BCUT2D eigenvalue weighted by Crippen LogP contribution is -2.77. The summed E-state index contributed by atoms with van der Waals surface area (Å²) in [6.07, 6.45) is 0. The highest BCUT2D eigenvalue weighted by atomic mass is 32.2. The summed E-state index contributed by atoms with van der Waals surface area (Å²) < 4.78 is 290. The van der Waals surface area contributed by atoms with Gasteiger partial charge in [-0.1, -0.05) is 0 Å². The second kappa shape index (κ2) is 9.83. The molecular formula is C13H11F20NO3S. The molecule has 0 spiro atoms. The molecule has 0 aliphatic heterocycles. The normalized spacial score (nSPS) is 16.2. The fourth-order valence-electron chi connectivity index (χ4n) is 1.80. The SMILES string of the molecule is CC(F)(F)C(F)(F)C(F)(F)C(F)(F)C(F)(F)C(F)(F)C(F)(F)C(F)(F)C(F)(F)C(F)(F)S(=O)(=O)O.CNC. The van der Waals surface area contributed by atoms with E-state index in [1.807, 2.05) is 14.1 Å². The first-order valence-corrected chi connectivity index (χ1v) is 9.69. The summed E-state index contributed by atoms with van der Waals surface area (Å²) >= 11 is 0. The number of hydrogen-bond donors (Lipinski definition) is 2. The number of nitrogens with one attached hydrogen (secondary N) is 1. The number of rotatable bonds is 10. The van der Waals surface area contributed by atoms with Crippen LogP contribution in [0.2, 0.25) is 0 Å². The van der Waals surface area contributed by atoms with Gasteiger partial charge < -0.3 is 5.32 Å². The zero-order valence-electron chi connectivity index (χ0n) is 17.7. The lowest BCUT2D eigenvalue weighted by molar-refractivity contribution is -0.465. The predicted octanol–water partition coefficient (Wildman–Crippen LogP) is 6.04. The van der Waals surface area contributed by atoms with Gasteiger partial charge in [-0.2, -0.15) is 96.2 Å². The van der Waals surface area contributed by atoms with E-state index in [0.717, 1.165) is 0 Å².